The van der Waals surface area contributed by atoms with Crippen molar-refractivity contribution in [3.05, 3.63) is 29.3 Å². The minimum Gasteiger partial charge on any atom is -0.398 e. The Morgan fingerprint density at radius 1 is 1.42 bits per heavy atom. The van der Waals surface area contributed by atoms with Gasteiger partial charge in [-0.25, -0.2) is 0 Å². The van der Waals surface area contributed by atoms with Crippen LogP contribution in [0.4, 0.5) is 18.9 Å². The summed E-state index contributed by atoms with van der Waals surface area (Å²) in [5.74, 6) is 0. The number of nitrogen functional groups attached to an aromatic ring is 1. The van der Waals surface area contributed by atoms with Crippen molar-refractivity contribution in [2.45, 2.75) is 37.6 Å². The maximum absolute atomic E-state index is 12.6. The van der Waals surface area contributed by atoms with Crippen molar-refractivity contribution < 1.29 is 18.3 Å². The van der Waals surface area contributed by atoms with E-state index in [0.717, 1.165) is 31.5 Å². The molecule has 0 bridgehead atoms. The van der Waals surface area contributed by atoms with Gasteiger partial charge in [0.25, 0.3) is 0 Å². The Kier molecular flexibility index (Phi) is 4.01. The molecule has 1 aliphatic heterocycles. The number of rotatable bonds is 3. The molecule has 0 aromatic heterocycles. The number of nitrogens with two attached hydrogens (primary N) is 1. The van der Waals surface area contributed by atoms with Crippen LogP contribution in [0.2, 0.25) is 0 Å². The van der Waals surface area contributed by atoms with E-state index in [4.69, 9.17) is 5.73 Å². The maximum atomic E-state index is 12.6. The van der Waals surface area contributed by atoms with Gasteiger partial charge in [0.15, 0.2) is 0 Å². The summed E-state index contributed by atoms with van der Waals surface area (Å²) in [6, 6.07) is 3.21. The molecule has 6 heteroatoms. The van der Waals surface area contributed by atoms with Crippen LogP contribution in [0.25, 0.3) is 0 Å². The summed E-state index contributed by atoms with van der Waals surface area (Å²) in [6.07, 6.45) is -3.07. The first-order valence-corrected chi connectivity index (χ1v) is 6.26. The van der Waals surface area contributed by atoms with Crippen LogP contribution in [0.1, 0.15) is 36.5 Å². The molecule has 2 rings (SSSR count). The molecule has 4 N–H and O–H groups in total. The molecule has 0 amide bonds. The van der Waals surface area contributed by atoms with Crippen molar-refractivity contribution in [3.8, 4) is 0 Å². The van der Waals surface area contributed by atoms with Crippen molar-refractivity contribution in [1.82, 2.24) is 5.32 Å². The molecule has 1 fully saturated rings. The largest absolute Gasteiger partial charge is 0.416 e. The molecule has 1 aromatic carbocycles. The molecule has 0 radical (unpaired) electrons. The maximum Gasteiger partial charge on any atom is 0.416 e. The van der Waals surface area contributed by atoms with Crippen molar-refractivity contribution in [1.29, 1.82) is 0 Å². The van der Waals surface area contributed by atoms with E-state index in [9.17, 15) is 18.3 Å². The number of alkyl halides is 3. The summed E-state index contributed by atoms with van der Waals surface area (Å²) >= 11 is 0. The highest BCUT2D eigenvalue weighted by Gasteiger charge is 2.32. The minimum atomic E-state index is -4.42. The second-order valence-corrected chi connectivity index (χ2v) is 4.89. The molecule has 2 atom stereocenters. The Balaban J connectivity index is 2.17. The summed E-state index contributed by atoms with van der Waals surface area (Å²) in [5.41, 5.74) is 5.23. The van der Waals surface area contributed by atoms with E-state index in [1.165, 1.54) is 6.07 Å². The first-order chi connectivity index (χ1) is 8.88. The number of anilines is 1. The number of aliphatic hydroxyl groups excluding tert-OH is 1. The highest BCUT2D eigenvalue weighted by Crippen LogP contribution is 2.34. The van der Waals surface area contributed by atoms with Gasteiger partial charge >= 0.3 is 6.18 Å². The van der Waals surface area contributed by atoms with Gasteiger partial charge in [-0.3, -0.25) is 0 Å². The molecule has 0 spiro atoms. The molecule has 2 unspecified atom stereocenters. The second kappa shape index (κ2) is 5.38. The lowest BCUT2D eigenvalue weighted by atomic mass is 9.97. The van der Waals surface area contributed by atoms with Crippen LogP contribution in [0.3, 0.4) is 0 Å². The Morgan fingerprint density at radius 2 is 2.16 bits per heavy atom. The second-order valence-electron chi connectivity index (χ2n) is 4.89. The molecule has 19 heavy (non-hydrogen) atoms. The summed E-state index contributed by atoms with van der Waals surface area (Å²) in [5, 5.41) is 13.3. The van der Waals surface area contributed by atoms with Gasteiger partial charge in [0.1, 0.15) is 0 Å². The summed E-state index contributed by atoms with van der Waals surface area (Å²) in [7, 11) is 0. The Bertz CT molecular complexity index is 442. The monoisotopic (exact) mass is 274 g/mol. The fourth-order valence-electron chi connectivity index (χ4n) is 2.39. The van der Waals surface area contributed by atoms with Crippen LogP contribution in [0.15, 0.2) is 18.2 Å². The van der Waals surface area contributed by atoms with E-state index in [-0.39, 0.29) is 17.3 Å². The zero-order valence-electron chi connectivity index (χ0n) is 10.4. The average Bonchev–Trinajstić information content (AvgIpc) is 2.80. The molecular formula is C13H17F3N2O. The lowest BCUT2D eigenvalue weighted by Crippen LogP contribution is -2.24. The van der Waals surface area contributed by atoms with Crippen LogP contribution in [0, 0.1) is 0 Å². The molecule has 1 aromatic rings. The molecule has 0 saturated carbocycles. The van der Waals surface area contributed by atoms with E-state index in [1.54, 1.807) is 0 Å². The lowest BCUT2D eigenvalue weighted by Gasteiger charge is -2.19. The zero-order valence-corrected chi connectivity index (χ0v) is 10.4. The van der Waals surface area contributed by atoms with Crippen LogP contribution in [-0.4, -0.2) is 17.7 Å². The highest BCUT2D eigenvalue weighted by atomic mass is 19.4. The highest BCUT2D eigenvalue weighted by molar-refractivity contribution is 5.50. The number of nitrogens with one attached hydrogen (secondary N) is 1. The topological polar surface area (TPSA) is 58.3 Å². The molecule has 1 saturated heterocycles. The number of hydrogen-bond donors (Lipinski definition) is 3. The Hall–Kier alpha value is -1.27. The normalized spacial score (nSPS) is 21.6. The smallest absolute Gasteiger partial charge is 0.398 e. The standard InChI is InChI=1S/C13H17F3N2O/c14-13(15,16)8-3-4-11(17)10(6-8)12(19)7-9-2-1-5-18-9/h3-4,6,9,12,18-19H,1-2,5,7,17H2. The van der Waals surface area contributed by atoms with Crippen LogP contribution in [0.5, 0.6) is 0 Å². The third-order valence-corrected chi connectivity index (χ3v) is 3.44. The SMILES string of the molecule is Nc1ccc(C(F)(F)F)cc1C(O)CC1CCCN1. The van der Waals surface area contributed by atoms with E-state index in [1.807, 2.05) is 0 Å². The van der Waals surface area contributed by atoms with Crippen molar-refractivity contribution in [2.24, 2.45) is 0 Å². The predicted octanol–water partition coefficient (Wildman–Crippen LogP) is 2.46. The Morgan fingerprint density at radius 3 is 2.74 bits per heavy atom. The molecule has 0 aliphatic carbocycles. The molecule has 1 heterocycles. The van der Waals surface area contributed by atoms with Gasteiger partial charge in [0.2, 0.25) is 0 Å². The molecule has 106 valence electrons. The van der Waals surface area contributed by atoms with Crippen molar-refractivity contribution >= 4 is 5.69 Å². The van der Waals surface area contributed by atoms with Gasteiger partial charge in [-0.05, 0) is 44.0 Å². The van der Waals surface area contributed by atoms with Crippen LogP contribution < -0.4 is 11.1 Å². The number of benzene rings is 1. The van der Waals surface area contributed by atoms with Gasteiger partial charge in [0, 0.05) is 17.3 Å². The van der Waals surface area contributed by atoms with Gasteiger partial charge < -0.3 is 16.2 Å². The Labute approximate surface area is 109 Å². The third kappa shape index (κ3) is 3.39. The molecular weight excluding hydrogens is 257 g/mol. The quantitative estimate of drug-likeness (QED) is 0.742. The lowest BCUT2D eigenvalue weighted by molar-refractivity contribution is -0.137. The summed E-state index contributed by atoms with van der Waals surface area (Å²) < 4.78 is 37.9. The van der Waals surface area contributed by atoms with Gasteiger partial charge in [-0.15, -0.1) is 0 Å². The first kappa shape index (κ1) is 14.1. The zero-order chi connectivity index (χ0) is 14.0. The molecule has 3 nitrogen and oxygen atoms in total. The van der Waals surface area contributed by atoms with Crippen molar-refractivity contribution in [3.63, 3.8) is 0 Å². The van der Waals surface area contributed by atoms with Gasteiger partial charge in [0.05, 0.1) is 11.7 Å². The summed E-state index contributed by atoms with van der Waals surface area (Å²) in [6.45, 7) is 0.884. The predicted molar refractivity (Wildman–Crippen MR) is 66.5 cm³/mol. The van der Waals surface area contributed by atoms with Gasteiger partial charge in [-0.1, -0.05) is 0 Å². The van der Waals surface area contributed by atoms with E-state index in [0.29, 0.717) is 6.42 Å². The third-order valence-electron chi connectivity index (χ3n) is 3.44. The van der Waals surface area contributed by atoms with E-state index in [2.05, 4.69) is 5.32 Å². The fraction of sp³-hybridized carbons (Fsp3) is 0.538. The minimum absolute atomic E-state index is 0.143. The van der Waals surface area contributed by atoms with E-state index >= 15 is 0 Å². The number of aliphatic hydroxyl groups is 1. The fourth-order valence-corrected chi connectivity index (χ4v) is 2.39. The van der Waals surface area contributed by atoms with Crippen LogP contribution in [-0.2, 0) is 6.18 Å². The average molecular weight is 274 g/mol. The van der Waals surface area contributed by atoms with Crippen molar-refractivity contribution in [2.75, 3.05) is 12.3 Å². The van der Waals surface area contributed by atoms with Gasteiger partial charge in [-0.2, -0.15) is 13.2 Å². The summed E-state index contributed by atoms with van der Waals surface area (Å²) in [4.78, 5) is 0. The number of halogens is 3. The molecule has 1 aliphatic rings. The van der Waals surface area contributed by atoms with E-state index < -0.39 is 17.8 Å². The van der Waals surface area contributed by atoms with Crippen LogP contribution >= 0.6 is 0 Å². The number of hydrogen-bond acceptors (Lipinski definition) is 3. The first-order valence-electron chi connectivity index (χ1n) is 6.26.